The molecule has 0 aliphatic rings. The lowest BCUT2D eigenvalue weighted by Gasteiger charge is -2.05. The van der Waals surface area contributed by atoms with E-state index in [-0.39, 0.29) is 5.96 Å². The molecule has 0 aliphatic heterocycles. The molecule has 0 radical (unpaired) electrons. The summed E-state index contributed by atoms with van der Waals surface area (Å²) in [7, 11) is 0. The summed E-state index contributed by atoms with van der Waals surface area (Å²) in [6.07, 6.45) is -4.59. The molecule has 0 saturated carbocycles. The molecular weight excluding hydrogens is 270 g/mol. The summed E-state index contributed by atoms with van der Waals surface area (Å²) >= 11 is 0. The Labute approximate surface area is 106 Å². The fourth-order valence-electron chi connectivity index (χ4n) is 0.691. The van der Waals surface area contributed by atoms with Crippen LogP contribution in [0, 0.1) is 11.2 Å². The van der Waals surface area contributed by atoms with Gasteiger partial charge in [-0.15, -0.1) is 0 Å². The molecular formula is C10H13F4N3O2. The number of rotatable bonds is 0. The number of guanidine groups is 1. The third-order valence-electron chi connectivity index (χ3n) is 1.18. The van der Waals surface area contributed by atoms with Gasteiger partial charge in [-0.05, 0) is 12.1 Å². The molecule has 0 fully saturated rings. The zero-order valence-corrected chi connectivity index (χ0v) is 9.83. The SMILES string of the molecule is CC(=O)O.Fc1ccccc1C(F)(F)F.N=C(N)N. The number of nitrogens with one attached hydrogen (secondary N) is 1. The van der Waals surface area contributed by atoms with Gasteiger partial charge in [0.2, 0.25) is 0 Å². The molecule has 0 spiro atoms. The average molecular weight is 283 g/mol. The Kier molecular flexibility index (Phi) is 8.74. The van der Waals surface area contributed by atoms with Gasteiger partial charge in [-0.1, -0.05) is 12.1 Å². The first kappa shape index (κ1) is 19.0. The van der Waals surface area contributed by atoms with Gasteiger partial charge < -0.3 is 16.6 Å². The van der Waals surface area contributed by atoms with Crippen molar-refractivity contribution in [3.05, 3.63) is 35.6 Å². The van der Waals surface area contributed by atoms with Crippen LogP contribution in [0.25, 0.3) is 0 Å². The van der Waals surface area contributed by atoms with Gasteiger partial charge in [0.1, 0.15) is 5.82 Å². The fourth-order valence-corrected chi connectivity index (χ4v) is 0.691. The number of halogens is 4. The van der Waals surface area contributed by atoms with Crippen molar-refractivity contribution in [3.63, 3.8) is 0 Å². The van der Waals surface area contributed by atoms with Crippen molar-refractivity contribution in [2.45, 2.75) is 13.1 Å². The quantitative estimate of drug-likeness (QED) is 0.330. The maximum atomic E-state index is 12.4. The minimum absolute atomic E-state index is 0.333. The highest BCUT2D eigenvalue weighted by atomic mass is 19.4. The Morgan fingerprint density at radius 3 is 1.79 bits per heavy atom. The highest BCUT2D eigenvalue weighted by Crippen LogP contribution is 2.30. The number of hydrogen-bond donors (Lipinski definition) is 4. The Hall–Kier alpha value is -2.32. The summed E-state index contributed by atoms with van der Waals surface area (Å²) < 4.78 is 47.8. The normalized spacial score (nSPS) is 9.32. The van der Waals surface area contributed by atoms with E-state index >= 15 is 0 Å². The summed E-state index contributed by atoms with van der Waals surface area (Å²) in [5, 5.41) is 13.5. The smallest absolute Gasteiger partial charge is 0.419 e. The zero-order valence-electron chi connectivity index (χ0n) is 9.83. The van der Waals surface area contributed by atoms with E-state index in [4.69, 9.17) is 15.3 Å². The topological polar surface area (TPSA) is 113 Å². The van der Waals surface area contributed by atoms with Crippen molar-refractivity contribution >= 4 is 11.9 Å². The van der Waals surface area contributed by atoms with Gasteiger partial charge in [-0.25, -0.2) is 4.39 Å². The van der Waals surface area contributed by atoms with Gasteiger partial charge in [-0.2, -0.15) is 13.2 Å². The van der Waals surface area contributed by atoms with Crippen molar-refractivity contribution in [1.29, 1.82) is 5.41 Å². The minimum atomic E-state index is -4.59. The van der Waals surface area contributed by atoms with Crippen LogP contribution in [0.4, 0.5) is 17.6 Å². The van der Waals surface area contributed by atoms with E-state index in [1.807, 2.05) is 0 Å². The number of alkyl halides is 3. The molecule has 1 rings (SSSR count). The molecule has 0 atom stereocenters. The van der Waals surface area contributed by atoms with E-state index in [0.29, 0.717) is 6.07 Å². The molecule has 0 aromatic heterocycles. The molecule has 19 heavy (non-hydrogen) atoms. The maximum absolute atomic E-state index is 12.4. The van der Waals surface area contributed by atoms with Crippen LogP contribution in [0.2, 0.25) is 0 Å². The lowest BCUT2D eigenvalue weighted by atomic mass is 10.2. The first-order chi connectivity index (χ1) is 8.48. The Morgan fingerprint density at radius 1 is 1.26 bits per heavy atom. The van der Waals surface area contributed by atoms with Crippen LogP contribution in [0.1, 0.15) is 12.5 Å². The van der Waals surface area contributed by atoms with Crippen LogP contribution in [0.3, 0.4) is 0 Å². The highest BCUT2D eigenvalue weighted by Gasteiger charge is 2.33. The van der Waals surface area contributed by atoms with Gasteiger partial charge in [0, 0.05) is 6.92 Å². The molecule has 1 aromatic carbocycles. The third kappa shape index (κ3) is 13.6. The lowest BCUT2D eigenvalue weighted by molar-refractivity contribution is -0.140. The summed E-state index contributed by atoms with van der Waals surface area (Å²) in [5.41, 5.74) is 7.72. The second-order valence-corrected chi connectivity index (χ2v) is 2.95. The minimum Gasteiger partial charge on any atom is -0.481 e. The Morgan fingerprint density at radius 2 is 1.58 bits per heavy atom. The number of carbonyl (C=O) groups is 1. The molecule has 0 saturated heterocycles. The van der Waals surface area contributed by atoms with Crippen LogP contribution in [-0.2, 0) is 11.0 Å². The number of nitrogens with two attached hydrogens (primary N) is 2. The van der Waals surface area contributed by atoms with Gasteiger partial charge in [0.15, 0.2) is 5.96 Å². The largest absolute Gasteiger partial charge is 0.481 e. The van der Waals surface area contributed by atoms with Crippen molar-refractivity contribution in [2.75, 3.05) is 0 Å². The van der Waals surface area contributed by atoms with E-state index < -0.39 is 23.5 Å². The van der Waals surface area contributed by atoms with E-state index in [2.05, 4.69) is 11.5 Å². The number of hydrogen-bond acceptors (Lipinski definition) is 2. The zero-order chi connectivity index (χ0) is 15.6. The summed E-state index contributed by atoms with van der Waals surface area (Å²) in [6, 6.07) is 3.84. The Bertz CT molecular complexity index is 401. The number of carboxylic acids is 1. The first-order valence-corrected chi connectivity index (χ1v) is 4.59. The number of carboxylic acid groups (broad SMARTS) is 1. The predicted molar refractivity (Wildman–Crippen MR) is 60.8 cm³/mol. The summed E-state index contributed by atoms with van der Waals surface area (Å²) in [5.74, 6) is -2.40. The predicted octanol–water partition coefficient (Wildman–Crippen LogP) is 1.77. The van der Waals surface area contributed by atoms with E-state index in [9.17, 15) is 17.6 Å². The van der Waals surface area contributed by atoms with Crippen LogP contribution in [0.5, 0.6) is 0 Å². The standard InChI is InChI=1S/C7H4F4.C2H4O2.CH5N3/c8-6-4-2-1-3-5(6)7(9,10)11;1-2(3)4;2-1(3)4/h1-4H;1H3,(H,3,4);(H5,2,3,4). The molecule has 1 aromatic rings. The molecule has 0 amide bonds. The highest BCUT2D eigenvalue weighted by molar-refractivity contribution is 5.71. The van der Waals surface area contributed by atoms with E-state index in [1.54, 1.807) is 0 Å². The van der Waals surface area contributed by atoms with Gasteiger partial charge >= 0.3 is 6.18 Å². The Balaban J connectivity index is 0. The van der Waals surface area contributed by atoms with E-state index in [1.165, 1.54) is 6.07 Å². The summed E-state index contributed by atoms with van der Waals surface area (Å²) in [6.45, 7) is 1.08. The molecule has 108 valence electrons. The van der Waals surface area contributed by atoms with E-state index in [0.717, 1.165) is 19.1 Å². The summed E-state index contributed by atoms with van der Waals surface area (Å²) in [4.78, 5) is 9.00. The lowest BCUT2D eigenvalue weighted by Crippen LogP contribution is -2.20. The first-order valence-electron chi connectivity index (χ1n) is 4.59. The maximum Gasteiger partial charge on any atom is 0.419 e. The van der Waals surface area contributed by atoms with Crippen LogP contribution in [0.15, 0.2) is 24.3 Å². The van der Waals surface area contributed by atoms with Crippen molar-refractivity contribution in [3.8, 4) is 0 Å². The molecule has 6 N–H and O–H groups in total. The van der Waals surface area contributed by atoms with Gasteiger partial charge in [0.05, 0.1) is 5.56 Å². The van der Waals surface area contributed by atoms with Crippen LogP contribution >= 0.6 is 0 Å². The second-order valence-electron chi connectivity index (χ2n) is 2.95. The van der Waals surface area contributed by atoms with Crippen LogP contribution in [-0.4, -0.2) is 17.0 Å². The third-order valence-corrected chi connectivity index (χ3v) is 1.18. The average Bonchev–Trinajstić information content (AvgIpc) is 2.14. The molecule has 0 unspecified atom stereocenters. The molecule has 0 aliphatic carbocycles. The molecule has 0 heterocycles. The van der Waals surface area contributed by atoms with Crippen molar-refractivity contribution < 1.29 is 27.5 Å². The van der Waals surface area contributed by atoms with Gasteiger partial charge in [-0.3, -0.25) is 10.2 Å². The second kappa shape index (κ2) is 8.72. The molecule has 0 bridgehead atoms. The fraction of sp³-hybridized carbons (Fsp3) is 0.200. The number of aliphatic carboxylic acids is 1. The van der Waals surface area contributed by atoms with Gasteiger partial charge in [0.25, 0.3) is 5.97 Å². The van der Waals surface area contributed by atoms with Crippen molar-refractivity contribution in [1.82, 2.24) is 0 Å². The molecule has 9 heteroatoms. The number of benzene rings is 1. The van der Waals surface area contributed by atoms with Crippen molar-refractivity contribution in [2.24, 2.45) is 11.5 Å². The van der Waals surface area contributed by atoms with Crippen LogP contribution < -0.4 is 11.5 Å². The molecule has 5 nitrogen and oxygen atoms in total. The monoisotopic (exact) mass is 283 g/mol.